The van der Waals surface area contributed by atoms with Crippen LogP contribution in [0.2, 0.25) is 0 Å². The Labute approximate surface area is 128 Å². The number of aromatic nitrogens is 2. The van der Waals surface area contributed by atoms with Crippen LogP contribution in [-0.2, 0) is 6.61 Å². The summed E-state index contributed by atoms with van der Waals surface area (Å²) in [4.78, 5) is 16.3. The maximum absolute atomic E-state index is 12.2. The standard InChI is InChI=1S/C15H20N4O3/c1-10(7-16)8-17-15(20)12-5-3-4-6-13(12)21-9-14-18-11(2)22-19-14/h3-6,10H,7-9,16H2,1-2H3,(H,17,20). The molecule has 1 heterocycles. The molecule has 0 aliphatic rings. The number of para-hydroxylation sites is 1. The topological polar surface area (TPSA) is 103 Å². The largest absolute Gasteiger partial charge is 0.485 e. The molecule has 2 rings (SSSR count). The van der Waals surface area contributed by atoms with Crippen molar-refractivity contribution in [1.82, 2.24) is 15.5 Å². The fraction of sp³-hybridized carbons (Fsp3) is 0.400. The van der Waals surface area contributed by atoms with Crippen molar-refractivity contribution in [1.29, 1.82) is 0 Å². The van der Waals surface area contributed by atoms with Crippen molar-refractivity contribution in [3.8, 4) is 5.75 Å². The summed E-state index contributed by atoms with van der Waals surface area (Å²) >= 11 is 0. The molecular weight excluding hydrogens is 284 g/mol. The first-order chi connectivity index (χ1) is 10.6. The molecule has 22 heavy (non-hydrogen) atoms. The fourth-order valence-corrected chi connectivity index (χ4v) is 1.77. The molecular formula is C15H20N4O3. The number of hydrogen-bond donors (Lipinski definition) is 2. The Kier molecular flexibility index (Phi) is 5.48. The molecule has 0 aliphatic heterocycles. The van der Waals surface area contributed by atoms with Crippen molar-refractivity contribution in [3.63, 3.8) is 0 Å². The number of amides is 1. The maximum atomic E-state index is 12.2. The molecule has 3 N–H and O–H groups in total. The number of carbonyl (C=O) groups excluding carboxylic acids is 1. The van der Waals surface area contributed by atoms with E-state index in [2.05, 4.69) is 15.5 Å². The Balaban J connectivity index is 2.01. The van der Waals surface area contributed by atoms with Gasteiger partial charge < -0.3 is 20.3 Å². The summed E-state index contributed by atoms with van der Waals surface area (Å²) in [6, 6.07) is 7.02. The van der Waals surface area contributed by atoms with E-state index in [9.17, 15) is 4.79 Å². The SMILES string of the molecule is Cc1nc(COc2ccccc2C(=O)NCC(C)CN)no1. The highest BCUT2D eigenvalue weighted by atomic mass is 16.5. The van der Waals surface area contributed by atoms with Crippen molar-refractivity contribution in [2.24, 2.45) is 11.7 Å². The molecule has 0 aliphatic carbocycles. The smallest absolute Gasteiger partial charge is 0.255 e. The summed E-state index contributed by atoms with van der Waals surface area (Å²) in [5, 5.41) is 6.59. The quantitative estimate of drug-likeness (QED) is 0.798. The highest BCUT2D eigenvalue weighted by Crippen LogP contribution is 2.19. The van der Waals surface area contributed by atoms with E-state index in [1.165, 1.54) is 0 Å². The van der Waals surface area contributed by atoms with Gasteiger partial charge in [-0.2, -0.15) is 4.98 Å². The van der Waals surface area contributed by atoms with Gasteiger partial charge in [-0.25, -0.2) is 0 Å². The lowest BCUT2D eigenvalue weighted by Gasteiger charge is -2.12. The van der Waals surface area contributed by atoms with Gasteiger partial charge in [-0.15, -0.1) is 0 Å². The minimum absolute atomic E-state index is 0.140. The second kappa shape index (κ2) is 7.56. The average molecular weight is 304 g/mol. The van der Waals surface area contributed by atoms with Crippen LogP contribution in [0.15, 0.2) is 28.8 Å². The van der Waals surface area contributed by atoms with Gasteiger partial charge in [-0.1, -0.05) is 24.2 Å². The molecule has 2 aromatic rings. The van der Waals surface area contributed by atoms with Gasteiger partial charge in [0.05, 0.1) is 5.56 Å². The number of hydrogen-bond acceptors (Lipinski definition) is 6. The minimum atomic E-state index is -0.194. The van der Waals surface area contributed by atoms with E-state index in [0.29, 0.717) is 36.1 Å². The second-order valence-electron chi connectivity index (χ2n) is 5.07. The lowest BCUT2D eigenvalue weighted by molar-refractivity contribution is 0.0944. The summed E-state index contributed by atoms with van der Waals surface area (Å²) in [6.07, 6.45) is 0. The molecule has 0 bridgehead atoms. The van der Waals surface area contributed by atoms with Crippen molar-refractivity contribution < 1.29 is 14.1 Å². The van der Waals surface area contributed by atoms with Crippen molar-refractivity contribution in [2.75, 3.05) is 13.1 Å². The highest BCUT2D eigenvalue weighted by Gasteiger charge is 2.13. The highest BCUT2D eigenvalue weighted by molar-refractivity contribution is 5.96. The van der Waals surface area contributed by atoms with Crippen LogP contribution in [0.1, 0.15) is 29.0 Å². The van der Waals surface area contributed by atoms with Crippen LogP contribution < -0.4 is 15.8 Å². The zero-order valence-corrected chi connectivity index (χ0v) is 12.7. The summed E-state index contributed by atoms with van der Waals surface area (Å²) in [5.74, 6) is 1.41. The molecule has 0 spiro atoms. The van der Waals surface area contributed by atoms with E-state index in [1.54, 1.807) is 31.2 Å². The number of carbonyl (C=O) groups is 1. The van der Waals surface area contributed by atoms with E-state index >= 15 is 0 Å². The number of nitrogens with zero attached hydrogens (tertiary/aromatic N) is 2. The third-order valence-corrected chi connectivity index (χ3v) is 3.07. The van der Waals surface area contributed by atoms with E-state index in [0.717, 1.165) is 0 Å². The Hall–Kier alpha value is -2.41. The average Bonchev–Trinajstić information content (AvgIpc) is 2.96. The van der Waals surface area contributed by atoms with Gasteiger partial charge in [0.15, 0.2) is 6.61 Å². The number of benzene rings is 1. The summed E-state index contributed by atoms with van der Waals surface area (Å²) < 4.78 is 10.5. The van der Waals surface area contributed by atoms with Crippen LogP contribution in [0, 0.1) is 12.8 Å². The van der Waals surface area contributed by atoms with Crippen LogP contribution in [0.25, 0.3) is 0 Å². The van der Waals surface area contributed by atoms with Crippen LogP contribution >= 0.6 is 0 Å². The van der Waals surface area contributed by atoms with Gasteiger partial charge in [0.1, 0.15) is 5.75 Å². The van der Waals surface area contributed by atoms with Crippen LogP contribution in [0.5, 0.6) is 5.75 Å². The van der Waals surface area contributed by atoms with Gasteiger partial charge in [-0.05, 0) is 24.6 Å². The van der Waals surface area contributed by atoms with Gasteiger partial charge in [0.2, 0.25) is 11.7 Å². The molecule has 7 heteroatoms. The van der Waals surface area contributed by atoms with Gasteiger partial charge >= 0.3 is 0 Å². The monoisotopic (exact) mass is 304 g/mol. The Morgan fingerprint density at radius 2 is 2.23 bits per heavy atom. The van der Waals surface area contributed by atoms with Crippen LogP contribution in [-0.4, -0.2) is 29.1 Å². The number of aryl methyl sites for hydroxylation is 1. The first-order valence-corrected chi connectivity index (χ1v) is 7.09. The first kappa shape index (κ1) is 16.0. The summed E-state index contributed by atoms with van der Waals surface area (Å²) in [7, 11) is 0. The molecule has 0 saturated carbocycles. The van der Waals surface area contributed by atoms with E-state index in [-0.39, 0.29) is 18.4 Å². The van der Waals surface area contributed by atoms with Gasteiger partial charge in [-0.3, -0.25) is 4.79 Å². The Morgan fingerprint density at radius 3 is 2.91 bits per heavy atom. The molecule has 1 aromatic carbocycles. The number of nitrogens with one attached hydrogen (secondary N) is 1. The van der Waals surface area contributed by atoms with E-state index in [4.69, 9.17) is 15.0 Å². The third kappa shape index (κ3) is 4.29. The molecule has 0 fully saturated rings. The Bertz CT molecular complexity index is 627. The zero-order chi connectivity index (χ0) is 15.9. The number of ether oxygens (including phenoxy) is 1. The van der Waals surface area contributed by atoms with Crippen molar-refractivity contribution in [3.05, 3.63) is 41.5 Å². The van der Waals surface area contributed by atoms with E-state index < -0.39 is 0 Å². The Morgan fingerprint density at radius 1 is 1.45 bits per heavy atom. The summed E-state index contributed by atoms with van der Waals surface area (Å²) in [6.45, 7) is 4.86. The maximum Gasteiger partial charge on any atom is 0.255 e. The molecule has 1 amide bonds. The predicted molar refractivity (Wildman–Crippen MR) is 80.4 cm³/mol. The normalized spacial score (nSPS) is 12.0. The van der Waals surface area contributed by atoms with Gasteiger partial charge in [0.25, 0.3) is 5.91 Å². The molecule has 1 unspecified atom stereocenters. The minimum Gasteiger partial charge on any atom is -0.485 e. The van der Waals surface area contributed by atoms with Gasteiger partial charge in [0, 0.05) is 13.5 Å². The van der Waals surface area contributed by atoms with E-state index in [1.807, 2.05) is 6.92 Å². The van der Waals surface area contributed by atoms with Crippen molar-refractivity contribution >= 4 is 5.91 Å². The first-order valence-electron chi connectivity index (χ1n) is 7.09. The molecule has 1 atom stereocenters. The second-order valence-corrected chi connectivity index (χ2v) is 5.07. The van der Waals surface area contributed by atoms with Crippen molar-refractivity contribution in [2.45, 2.75) is 20.5 Å². The molecule has 118 valence electrons. The summed E-state index contributed by atoms with van der Waals surface area (Å²) in [5.41, 5.74) is 6.01. The van der Waals surface area contributed by atoms with Crippen LogP contribution in [0.4, 0.5) is 0 Å². The lowest BCUT2D eigenvalue weighted by atomic mass is 10.1. The molecule has 0 radical (unpaired) electrons. The number of nitrogens with two attached hydrogens (primary N) is 1. The number of rotatable bonds is 7. The lowest BCUT2D eigenvalue weighted by Crippen LogP contribution is -2.31. The fourth-order valence-electron chi connectivity index (χ4n) is 1.77. The van der Waals surface area contributed by atoms with Crippen LogP contribution in [0.3, 0.4) is 0 Å². The molecule has 7 nitrogen and oxygen atoms in total. The molecule has 1 aromatic heterocycles. The zero-order valence-electron chi connectivity index (χ0n) is 12.7. The molecule has 0 saturated heterocycles. The third-order valence-electron chi connectivity index (χ3n) is 3.07. The predicted octanol–water partition coefficient (Wildman–Crippen LogP) is 1.28.